The SMILES string of the molecule is O=C(Nc1ccc(F)cc1)Nc1cccc(CCN2CCN(c3nsc4ccccc34)CC2)c1. The zero-order valence-electron chi connectivity index (χ0n) is 18.7. The Morgan fingerprint density at radius 1 is 0.912 bits per heavy atom. The van der Waals surface area contributed by atoms with Crippen LogP contribution < -0.4 is 15.5 Å². The van der Waals surface area contributed by atoms with Crippen LogP contribution in [0.4, 0.5) is 26.4 Å². The lowest BCUT2D eigenvalue weighted by molar-refractivity contribution is 0.260. The highest BCUT2D eigenvalue weighted by Crippen LogP contribution is 2.29. The maximum atomic E-state index is 13.0. The first-order valence-electron chi connectivity index (χ1n) is 11.4. The van der Waals surface area contributed by atoms with Crippen LogP contribution in [0.2, 0.25) is 0 Å². The number of nitrogens with zero attached hydrogens (tertiary/aromatic N) is 3. The van der Waals surface area contributed by atoms with Crippen LogP contribution in [-0.4, -0.2) is 48.0 Å². The molecule has 174 valence electrons. The highest BCUT2D eigenvalue weighted by molar-refractivity contribution is 7.13. The van der Waals surface area contributed by atoms with Crippen molar-refractivity contribution in [1.29, 1.82) is 0 Å². The lowest BCUT2D eigenvalue weighted by atomic mass is 10.1. The molecule has 0 bridgehead atoms. The quantitative estimate of drug-likeness (QED) is 0.390. The third-order valence-corrected chi connectivity index (χ3v) is 6.85. The number of rotatable bonds is 6. The van der Waals surface area contributed by atoms with Crippen molar-refractivity contribution in [3.8, 4) is 0 Å². The normalized spacial score (nSPS) is 14.3. The summed E-state index contributed by atoms with van der Waals surface area (Å²) in [4.78, 5) is 17.1. The third kappa shape index (κ3) is 5.35. The third-order valence-electron chi connectivity index (χ3n) is 6.03. The molecule has 34 heavy (non-hydrogen) atoms. The van der Waals surface area contributed by atoms with Gasteiger partial charge in [0.05, 0.1) is 4.70 Å². The lowest BCUT2D eigenvalue weighted by Crippen LogP contribution is -2.47. The molecule has 0 spiro atoms. The molecular formula is C26H26FN5OS. The number of halogens is 1. The minimum absolute atomic E-state index is 0.336. The van der Waals surface area contributed by atoms with Crippen LogP contribution in [0.5, 0.6) is 0 Å². The summed E-state index contributed by atoms with van der Waals surface area (Å²) >= 11 is 1.57. The van der Waals surface area contributed by atoms with Crippen molar-refractivity contribution in [2.45, 2.75) is 6.42 Å². The maximum absolute atomic E-state index is 13.0. The van der Waals surface area contributed by atoms with Gasteiger partial charge >= 0.3 is 6.03 Å². The van der Waals surface area contributed by atoms with Crippen molar-refractivity contribution in [3.63, 3.8) is 0 Å². The Labute approximate surface area is 202 Å². The molecular weight excluding hydrogens is 449 g/mol. The molecule has 2 amide bonds. The summed E-state index contributed by atoms with van der Waals surface area (Å²) in [7, 11) is 0. The van der Waals surface area contributed by atoms with Gasteiger partial charge in [0.1, 0.15) is 11.6 Å². The van der Waals surface area contributed by atoms with Crippen LogP contribution in [0, 0.1) is 5.82 Å². The summed E-state index contributed by atoms with van der Waals surface area (Å²) in [6.07, 6.45) is 0.911. The van der Waals surface area contributed by atoms with Gasteiger partial charge in [-0.1, -0.05) is 24.3 Å². The summed E-state index contributed by atoms with van der Waals surface area (Å²) in [5, 5.41) is 6.81. The Morgan fingerprint density at radius 3 is 2.50 bits per heavy atom. The Bertz CT molecular complexity index is 1270. The van der Waals surface area contributed by atoms with E-state index in [0.717, 1.165) is 50.6 Å². The van der Waals surface area contributed by atoms with Gasteiger partial charge in [-0.25, -0.2) is 9.18 Å². The second-order valence-corrected chi connectivity index (χ2v) is 9.17. The number of hydrogen-bond acceptors (Lipinski definition) is 5. The number of nitrogens with one attached hydrogen (secondary N) is 2. The maximum Gasteiger partial charge on any atom is 0.323 e. The number of hydrogen-bond donors (Lipinski definition) is 2. The zero-order chi connectivity index (χ0) is 23.3. The van der Waals surface area contributed by atoms with Gasteiger partial charge in [-0.05, 0) is 72.0 Å². The standard InChI is InChI=1S/C26H26FN5OS/c27-20-8-10-21(11-9-20)28-26(33)29-22-5-3-4-19(18-22)12-13-31-14-16-32(17-15-31)25-23-6-1-2-7-24(23)34-30-25/h1-11,18H,12-17H2,(H2,28,29,33). The molecule has 6 nitrogen and oxygen atoms in total. The smallest absolute Gasteiger partial charge is 0.323 e. The Balaban J connectivity index is 1.11. The van der Waals surface area contributed by atoms with Gasteiger partial charge in [-0.2, -0.15) is 4.37 Å². The van der Waals surface area contributed by atoms with Gasteiger partial charge in [0.25, 0.3) is 0 Å². The molecule has 1 aliphatic rings. The summed E-state index contributed by atoms with van der Waals surface area (Å²) in [6.45, 7) is 4.92. The van der Waals surface area contributed by atoms with Crippen molar-refractivity contribution in [2.24, 2.45) is 0 Å². The Kier molecular flexibility index (Phi) is 6.69. The second kappa shape index (κ2) is 10.2. The molecule has 4 aromatic rings. The van der Waals surface area contributed by atoms with Gasteiger partial charge < -0.3 is 15.5 Å². The molecule has 0 unspecified atom stereocenters. The first kappa shape index (κ1) is 22.3. The van der Waals surface area contributed by atoms with E-state index < -0.39 is 0 Å². The van der Waals surface area contributed by atoms with Crippen LogP contribution in [0.3, 0.4) is 0 Å². The molecule has 1 aromatic heterocycles. The number of anilines is 3. The molecule has 5 rings (SSSR count). The molecule has 1 fully saturated rings. The van der Waals surface area contributed by atoms with Crippen LogP contribution in [0.25, 0.3) is 10.1 Å². The fourth-order valence-corrected chi connectivity index (χ4v) is 5.00. The summed E-state index contributed by atoms with van der Waals surface area (Å²) in [6, 6.07) is 21.7. The Hall–Kier alpha value is -3.49. The van der Waals surface area contributed by atoms with Crippen LogP contribution in [-0.2, 0) is 6.42 Å². The number of amides is 2. The Morgan fingerprint density at radius 2 is 1.68 bits per heavy atom. The summed E-state index contributed by atoms with van der Waals surface area (Å²) in [5.74, 6) is 0.773. The van der Waals surface area contributed by atoms with E-state index in [1.165, 1.54) is 39.9 Å². The first-order chi connectivity index (χ1) is 16.6. The van der Waals surface area contributed by atoms with E-state index in [-0.39, 0.29) is 11.8 Å². The van der Waals surface area contributed by atoms with Crippen LogP contribution >= 0.6 is 11.5 Å². The van der Waals surface area contributed by atoms with E-state index in [2.05, 4.69) is 50.8 Å². The molecule has 0 atom stereocenters. The number of carbonyl (C=O) groups is 1. The van der Waals surface area contributed by atoms with Gasteiger partial charge in [-0.15, -0.1) is 0 Å². The molecule has 1 aliphatic heterocycles. The van der Waals surface area contributed by atoms with E-state index >= 15 is 0 Å². The van der Waals surface area contributed by atoms with E-state index in [1.807, 2.05) is 18.2 Å². The fourth-order valence-electron chi connectivity index (χ4n) is 4.20. The first-order valence-corrected chi connectivity index (χ1v) is 12.2. The molecule has 8 heteroatoms. The highest BCUT2D eigenvalue weighted by atomic mass is 32.1. The number of aromatic nitrogens is 1. The predicted octanol–water partition coefficient (Wildman–Crippen LogP) is 5.44. The molecule has 3 aromatic carbocycles. The largest absolute Gasteiger partial charge is 0.353 e. The monoisotopic (exact) mass is 475 g/mol. The molecule has 2 heterocycles. The minimum Gasteiger partial charge on any atom is -0.353 e. The van der Waals surface area contributed by atoms with Gasteiger partial charge in [0, 0.05) is 49.5 Å². The van der Waals surface area contributed by atoms with Crippen molar-refractivity contribution >= 4 is 44.8 Å². The van der Waals surface area contributed by atoms with Crippen LogP contribution in [0.15, 0.2) is 72.8 Å². The van der Waals surface area contributed by atoms with Crippen molar-refractivity contribution in [1.82, 2.24) is 9.27 Å². The van der Waals surface area contributed by atoms with Crippen molar-refractivity contribution in [2.75, 3.05) is 48.3 Å². The average molecular weight is 476 g/mol. The van der Waals surface area contributed by atoms with E-state index in [0.29, 0.717) is 5.69 Å². The highest BCUT2D eigenvalue weighted by Gasteiger charge is 2.20. The van der Waals surface area contributed by atoms with Gasteiger partial charge in [-0.3, -0.25) is 4.90 Å². The number of fused-ring (bicyclic) bond motifs is 1. The van der Waals surface area contributed by atoms with Crippen LogP contribution in [0.1, 0.15) is 5.56 Å². The van der Waals surface area contributed by atoms with Crippen molar-refractivity contribution in [3.05, 3.63) is 84.2 Å². The molecule has 2 N–H and O–H groups in total. The average Bonchev–Trinajstić information content (AvgIpc) is 3.29. The second-order valence-electron chi connectivity index (χ2n) is 8.37. The molecule has 0 radical (unpaired) electrons. The predicted molar refractivity (Wildman–Crippen MR) is 137 cm³/mol. The fraction of sp³-hybridized carbons (Fsp3) is 0.231. The van der Waals surface area contributed by atoms with E-state index in [4.69, 9.17) is 4.37 Å². The summed E-state index contributed by atoms with van der Waals surface area (Å²) in [5.41, 5.74) is 2.45. The minimum atomic E-state index is -0.352. The summed E-state index contributed by atoms with van der Waals surface area (Å²) < 4.78 is 19.0. The lowest BCUT2D eigenvalue weighted by Gasteiger charge is -2.35. The zero-order valence-corrected chi connectivity index (χ0v) is 19.5. The number of urea groups is 1. The molecule has 0 saturated carbocycles. The number of carbonyl (C=O) groups excluding carboxylic acids is 1. The number of piperazine rings is 1. The van der Waals surface area contributed by atoms with E-state index in [9.17, 15) is 9.18 Å². The van der Waals surface area contributed by atoms with Gasteiger partial charge in [0.15, 0.2) is 0 Å². The number of benzene rings is 3. The van der Waals surface area contributed by atoms with Crippen molar-refractivity contribution < 1.29 is 9.18 Å². The topological polar surface area (TPSA) is 60.5 Å². The molecule has 0 aliphatic carbocycles. The molecule has 1 saturated heterocycles. The van der Waals surface area contributed by atoms with Gasteiger partial charge in [0.2, 0.25) is 0 Å². The van der Waals surface area contributed by atoms with E-state index in [1.54, 1.807) is 11.5 Å².